The van der Waals surface area contributed by atoms with Crippen LogP contribution in [0.25, 0.3) is 22.2 Å². The Bertz CT molecular complexity index is 1580. The topological polar surface area (TPSA) is 99.7 Å². The molecule has 3 aromatic heterocycles. The first-order valence-corrected chi connectivity index (χ1v) is 12.9. The molecule has 7 rings (SSSR count). The number of urea groups is 1. The zero-order chi connectivity index (χ0) is 25.0. The van der Waals surface area contributed by atoms with E-state index in [1.165, 1.54) is 5.69 Å². The fourth-order valence-corrected chi connectivity index (χ4v) is 6.42. The van der Waals surface area contributed by atoms with Crippen molar-refractivity contribution < 1.29 is 4.79 Å². The maximum atomic E-state index is 13.5. The van der Waals surface area contributed by atoms with Crippen molar-refractivity contribution in [2.45, 2.75) is 49.6 Å². The maximum Gasteiger partial charge on any atom is 0.318 e. The lowest BCUT2D eigenvalue weighted by molar-refractivity contribution is 0.154. The molecule has 2 fully saturated rings. The van der Waals surface area contributed by atoms with Gasteiger partial charge in [0.05, 0.1) is 28.4 Å². The molecule has 1 aliphatic carbocycles. The van der Waals surface area contributed by atoms with Gasteiger partial charge in [-0.3, -0.25) is 14.6 Å². The number of aromatic nitrogens is 4. The SMILES string of the molecule is N#Cc1ccncc1C1(NC(=O)N2CCC3(CCn4nc(-c5cnc6ccccc6c5)cc43)C2)CCC1. The molecule has 1 saturated heterocycles. The third-order valence-corrected chi connectivity index (χ3v) is 8.66. The summed E-state index contributed by atoms with van der Waals surface area (Å²) in [5.74, 6) is 0. The molecule has 8 nitrogen and oxygen atoms in total. The second kappa shape index (κ2) is 8.13. The highest BCUT2D eigenvalue weighted by atomic mass is 16.2. The van der Waals surface area contributed by atoms with Gasteiger partial charge in [0, 0.05) is 65.8 Å². The molecule has 5 heterocycles. The number of carbonyl (C=O) groups excluding carboxylic acids is 1. The van der Waals surface area contributed by atoms with Crippen LogP contribution in [0.3, 0.4) is 0 Å². The minimum absolute atomic E-state index is 0.0544. The summed E-state index contributed by atoms with van der Waals surface area (Å²) < 4.78 is 2.12. The highest BCUT2D eigenvalue weighted by molar-refractivity contribution is 5.83. The van der Waals surface area contributed by atoms with E-state index in [1.807, 2.05) is 29.3 Å². The van der Waals surface area contributed by atoms with Crippen molar-refractivity contribution in [2.24, 2.45) is 0 Å². The highest BCUT2D eigenvalue weighted by Gasteiger charge is 2.49. The van der Waals surface area contributed by atoms with Gasteiger partial charge in [0.25, 0.3) is 0 Å². The molecular weight excluding hydrogens is 462 g/mol. The highest BCUT2D eigenvalue weighted by Crippen LogP contribution is 2.45. The van der Waals surface area contributed by atoms with Gasteiger partial charge < -0.3 is 10.2 Å². The fraction of sp³-hybridized carbons (Fsp3) is 0.345. The average molecular weight is 490 g/mol. The van der Waals surface area contributed by atoms with Gasteiger partial charge in [-0.15, -0.1) is 0 Å². The second-order valence-electron chi connectivity index (χ2n) is 10.7. The largest absolute Gasteiger partial charge is 0.328 e. The molecule has 2 aliphatic heterocycles. The zero-order valence-corrected chi connectivity index (χ0v) is 20.5. The molecule has 0 bridgehead atoms. The Morgan fingerprint density at radius 2 is 1.92 bits per heavy atom. The van der Waals surface area contributed by atoms with Crippen molar-refractivity contribution in [2.75, 3.05) is 13.1 Å². The number of carbonyl (C=O) groups is 1. The fourth-order valence-electron chi connectivity index (χ4n) is 6.42. The average Bonchev–Trinajstić information content (AvgIpc) is 3.63. The van der Waals surface area contributed by atoms with E-state index in [0.717, 1.165) is 66.4 Å². The lowest BCUT2D eigenvalue weighted by Crippen LogP contribution is -2.55. The smallest absolute Gasteiger partial charge is 0.318 e. The van der Waals surface area contributed by atoms with E-state index in [1.54, 1.807) is 18.5 Å². The number of nitrogens with one attached hydrogen (secondary N) is 1. The molecule has 8 heteroatoms. The molecule has 1 N–H and O–H groups in total. The molecule has 1 unspecified atom stereocenters. The van der Waals surface area contributed by atoms with Crippen molar-refractivity contribution in [1.82, 2.24) is 30.0 Å². The van der Waals surface area contributed by atoms with E-state index in [0.29, 0.717) is 18.7 Å². The third kappa shape index (κ3) is 3.41. The molecule has 37 heavy (non-hydrogen) atoms. The van der Waals surface area contributed by atoms with Crippen LogP contribution in [0.1, 0.15) is 48.9 Å². The predicted molar refractivity (Wildman–Crippen MR) is 138 cm³/mol. The van der Waals surface area contributed by atoms with E-state index in [-0.39, 0.29) is 11.4 Å². The molecule has 1 aromatic carbocycles. The van der Waals surface area contributed by atoms with E-state index in [2.05, 4.69) is 44.2 Å². The van der Waals surface area contributed by atoms with Gasteiger partial charge in [-0.25, -0.2) is 4.79 Å². The number of hydrogen-bond acceptors (Lipinski definition) is 5. The minimum atomic E-state index is -0.500. The molecule has 4 aromatic rings. The Balaban J connectivity index is 1.12. The zero-order valence-electron chi connectivity index (χ0n) is 20.5. The van der Waals surface area contributed by atoms with Crippen molar-refractivity contribution in [3.63, 3.8) is 0 Å². The number of nitrogens with zero attached hydrogens (tertiary/aromatic N) is 6. The second-order valence-corrected chi connectivity index (χ2v) is 10.7. The van der Waals surface area contributed by atoms with Gasteiger partial charge >= 0.3 is 6.03 Å². The molecule has 1 saturated carbocycles. The summed E-state index contributed by atoms with van der Waals surface area (Å²) in [5.41, 5.74) is 4.98. The van der Waals surface area contributed by atoms with Crippen LogP contribution >= 0.6 is 0 Å². The molecule has 2 amide bonds. The summed E-state index contributed by atoms with van der Waals surface area (Å²) in [4.78, 5) is 24.3. The Morgan fingerprint density at radius 1 is 1.05 bits per heavy atom. The minimum Gasteiger partial charge on any atom is -0.328 e. The van der Waals surface area contributed by atoms with Crippen LogP contribution in [0.2, 0.25) is 0 Å². The summed E-state index contributed by atoms with van der Waals surface area (Å²) in [6.45, 7) is 2.24. The molecule has 184 valence electrons. The van der Waals surface area contributed by atoms with Crippen molar-refractivity contribution >= 4 is 16.9 Å². The Hall–Kier alpha value is -4.25. The number of hydrogen-bond donors (Lipinski definition) is 1. The van der Waals surface area contributed by atoms with Gasteiger partial charge in [0.1, 0.15) is 0 Å². The Morgan fingerprint density at radius 3 is 2.76 bits per heavy atom. The van der Waals surface area contributed by atoms with Crippen LogP contribution in [0.4, 0.5) is 4.79 Å². The number of amides is 2. The van der Waals surface area contributed by atoms with E-state index in [4.69, 9.17) is 5.10 Å². The van der Waals surface area contributed by atoms with Gasteiger partial charge in [-0.05, 0) is 56.4 Å². The summed E-state index contributed by atoms with van der Waals surface area (Å²) in [5, 5.41) is 18.9. The van der Waals surface area contributed by atoms with Crippen LogP contribution in [0, 0.1) is 11.3 Å². The number of rotatable bonds is 3. The normalized spacial score (nSPS) is 21.5. The number of benzene rings is 1. The third-order valence-electron chi connectivity index (χ3n) is 8.66. The lowest BCUT2D eigenvalue weighted by atomic mass is 9.71. The molecule has 3 aliphatic rings. The summed E-state index contributed by atoms with van der Waals surface area (Å²) in [6.07, 6.45) is 9.85. The summed E-state index contributed by atoms with van der Waals surface area (Å²) >= 11 is 0. The number of nitriles is 1. The number of aryl methyl sites for hydroxylation is 1. The van der Waals surface area contributed by atoms with Crippen LogP contribution in [-0.2, 0) is 17.5 Å². The molecule has 0 radical (unpaired) electrons. The quantitative estimate of drug-likeness (QED) is 0.457. The van der Waals surface area contributed by atoms with Gasteiger partial charge in [-0.2, -0.15) is 10.4 Å². The number of para-hydroxylation sites is 1. The number of fused-ring (bicyclic) bond motifs is 3. The first kappa shape index (κ1) is 22.0. The van der Waals surface area contributed by atoms with Gasteiger partial charge in [0.15, 0.2) is 0 Å². The number of likely N-dealkylation sites (tertiary alicyclic amines) is 1. The van der Waals surface area contributed by atoms with E-state index >= 15 is 0 Å². The van der Waals surface area contributed by atoms with Crippen LogP contribution in [0.5, 0.6) is 0 Å². The van der Waals surface area contributed by atoms with Crippen LogP contribution in [-0.4, -0.2) is 43.8 Å². The summed E-state index contributed by atoms with van der Waals surface area (Å²) in [6, 6.07) is 16.4. The lowest BCUT2D eigenvalue weighted by Gasteiger charge is -2.44. The van der Waals surface area contributed by atoms with E-state index in [9.17, 15) is 10.1 Å². The summed E-state index contributed by atoms with van der Waals surface area (Å²) in [7, 11) is 0. The Kier molecular flexibility index (Phi) is 4.83. The van der Waals surface area contributed by atoms with Gasteiger partial charge in [-0.1, -0.05) is 18.2 Å². The molecule has 1 atom stereocenters. The van der Waals surface area contributed by atoms with Crippen molar-refractivity contribution in [1.29, 1.82) is 5.26 Å². The molecule has 1 spiro atoms. The van der Waals surface area contributed by atoms with E-state index < -0.39 is 5.54 Å². The maximum absolute atomic E-state index is 13.5. The predicted octanol–water partition coefficient (Wildman–Crippen LogP) is 4.50. The monoisotopic (exact) mass is 489 g/mol. The molecular formula is C29H27N7O. The van der Waals surface area contributed by atoms with Crippen LogP contribution < -0.4 is 5.32 Å². The standard InChI is InChI=1S/C29H27N7O/c30-16-21-6-11-31-18-23(21)29(7-3-8-29)33-27(37)35-12-9-28(19-35)10-13-36-26(28)15-25(34-36)22-14-20-4-1-2-5-24(20)32-17-22/h1-2,4-6,11,14-15,17-18H,3,7-10,12-13,19H2,(H,33,37). The number of pyridine rings is 2. The van der Waals surface area contributed by atoms with Crippen molar-refractivity contribution in [3.8, 4) is 17.3 Å². The Labute approximate surface area is 214 Å². The van der Waals surface area contributed by atoms with Crippen LogP contribution in [0.15, 0.2) is 61.1 Å². The van der Waals surface area contributed by atoms with Gasteiger partial charge in [0.2, 0.25) is 0 Å². The van der Waals surface area contributed by atoms with Crippen molar-refractivity contribution in [3.05, 3.63) is 77.9 Å². The first-order chi connectivity index (χ1) is 18.1. The first-order valence-electron chi connectivity index (χ1n) is 12.9.